The molecule has 0 spiro atoms. The average molecular weight is 237 g/mol. The number of thioether (sulfide) groups is 1. The number of nitrogens with zero attached hydrogens (tertiary/aromatic N) is 3. The van der Waals surface area contributed by atoms with Crippen molar-refractivity contribution in [3.63, 3.8) is 0 Å². The quantitative estimate of drug-likeness (QED) is 0.792. The van der Waals surface area contributed by atoms with Crippen LogP contribution in [0.3, 0.4) is 0 Å². The standard InChI is InChI=1S/C12H19N3S/c1-9-4-2-6-11-13-14-12(15(9)11)8-10-5-3-7-16-10/h9-10H,2-8H2,1H3. The molecule has 16 heavy (non-hydrogen) atoms. The van der Waals surface area contributed by atoms with Gasteiger partial charge in [0.05, 0.1) is 0 Å². The summed E-state index contributed by atoms with van der Waals surface area (Å²) in [5.41, 5.74) is 0. The van der Waals surface area contributed by atoms with Gasteiger partial charge in [0.2, 0.25) is 0 Å². The Bertz CT molecular complexity index is 368. The van der Waals surface area contributed by atoms with Gasteiger partial charge in [0.15, 0.2) is 0 Å². The second kappa shape index (κ2) is 4.40. The Kier molecular flexibility index (Phi) is 2.92. The van der Waals surface area contributed by atoms with Gasteiger partial charge in [-0.2, -0.15) is 11.8 Å². The van der Waals surface area contributed by atoms with E-state index in [0.717, 1.165) is 18.1 Å². The predicted molar refractivity (Wildman–Crippen MR) is 66.9 cm³/mol. The van der Waals surface area contributed by atoms with E-state index >= 15 is 0 Å². The van der Waals surface area contributed by atoms with E-state index in [1.807, 2.05) is 0 Å². The molecule has 3 heterocycles. The monoisotopic (exact) mass is 237 g/mol. The summed E-state index contributed by atoms with van der Waals surface area (Å²) in [5.74, 6) is 3.79. The molecule has 0 radical (unpaired) electrons. The Labute approximate surface area is 101 Å². The molecule has 3 rings (SSSR count). The molecule has 2 aliphatic heterocycles. The van der Waals surface area contributed by atoms with E-state index in [0.29, 0.717) is 6.04 Å². The molecule has 1 aromatic heterocycles. The highest BCUT2D eigenvalue weighted by molar-refractivity contribution is 8.00. The fourth-order valence-corrected chi connectivity index (χ4v) is 4.14. The first-order valence-electron chi connectivity index (χ1n) is 6.39. The van der Waals surface area contributed by atoms with Crippen molar-refractivity contribution in [3.8, 4) is 0 Å². The highest BCUT2D eigenvalue weighted by Gasteiger charge is 2.24. The first-order valence-corrected chi connectivity index (χ1v) is 7.43. The lowest BCUT2D eigenvalue weighted by Crippen LogP contribution is -2.19. The van der Waals surface area contributed by atoms with Gasteiger partial charge in [-0.05, 0) is 38.4 Å². The van der Waals surface area contributed by atoms with Gasteiger partial charge >= 0.3 is 0 Å². The van der Waals surface area contributed by atoms with Gasteiger partial charge in [-0.15, -0.1) is 10.2 Å². The molecular weight excluding hydrogens is 218 g/mol. The first-order chi connectivity index (χ1) is 7.84. The maximum atomic E-state index is 4.41. The molecule has 0 saturated carbocycles. The van der Waals surface area contributed by atoms with Gasteiger partial charge in [0, 0.05) is 24.1 Å². The summed E-state index contributed by atoms with van der Waals surface area (Å²) in [6.07, 6.45) is 7.55. The summed E-state index contributed by atoms with van der Waals surface area (Å²) in [5, 5.41) is 9.56. The molecule has 1 saturated heterocycles. The Morgan fingerprint density at radius 2 is 2.25 bits per heavy atom. The molecule has 3 nitrogen and oxygen atoms in total. The predicted octanol–water partition coefficient (Wildman–Crippen LogP) is 2.61. The third-order valence-corrected chi connectivity index (χ3v) is 5.13. The molecular formula is C12H19N3S. The summed E-state index contributed by atoms with van der Waals surface area (Å²) < 4.78 is 2.41. The molecule has 0 amide bonds. The van der Waals surface area contributed by atoms with E-state index in [9.17, 15) is 0 Å². The summed E-state index contributed by atoms with van der Waals surface area (Å²) in [4.78, 5) is 0. The van der Waals surface area contributed by atoms with Crippen LogP contribution in [-0.4, -0.2) is 25.8 Å². The zero-order valence-electron chi connectivity index (χ0n) is 9.85. The van der Waals surface area contributed by atoms with Crippen molar-refractivity contribution in [3.05, 3.63) is 11.6 Å². The third kappa shape index (κ3) is 1.88. The Hall–Kier alpha value is -0.510. The second-order valence-electron chi connectivity index (χ2n) is 4.98. The number of fused-ring (bicyclic) bond motifs is 1. The largest absolute Gasteiger partial charge is 0.312 e. The molecule has 2 atom stereocenters. The first kappa shape index (κ1) is 10.6. The fourth-order valence-electron chi connectivity index (χ4n) is 2.87. The molecule has 88 valence electrons. The topological polar surface area (TPSA) is 30.7 Å². The van der Waals surface area contributed by atoms with Gasteiger partial charge < -0.3 is 4.57 Å². The van der Waals surface area contributed by atoms with Gasteiger partial charge in [-0.1, -0.05) is 0 Å². The minimum atomic E-state index is 0.611. The van der Waals surface area contributed by atoms with Crippen LogP contribution in [0.25, 0.3) is 0 Å². The van der Waals surface area contributed by atoms with Crippen LogP contribution in [0.2, 0.25) is 0 Å². The molecule has 0 N–H and O–H groups in total. The minimum absolute atomic E-state index is 0.611. The zero-order valence-corrected chi connectivity index (χ0v) is 10.7. The van der Waals surface area contributed by atoms with Crippen molar-refractivity contribution in [2.24, 2.45) is 0 Å². The molecule has 2 aliphatic rings. The van der Waals surface area contributed by atoms with E-state index in [2.05, 4.69) is 33.5 Å². The van der Waals surface area contributed by atoms with E-state index in [-0.39, 0.29) is 0 Å². The van der Waals surface area contributed by atoms with E-state index in [1.54, 1.807) is 0 Å². The summed E-state index contributed by atoms with van der Waals surface area (Å²) in [6, 6.07) is 0.611. The minimum Gasteiger partial charge on any atom is -0.312 e. The average Bonchev–Trinajstić information content (AvgIpc) is 2.90. The lowest BCUT2D eigenvalue weighted by Gasteiger charge is -2.23. The maximum Gasteiger partial charge on any atom is 0.134 e. The van der Waals surface area contributed by atoms with Crippen molar-refractivity contribution in [2.45, 2.75) is 56.7 Å². The van der Waals surface area contributed by atoms with Gasteiger partial charge in [0.25, 0.3) is 0 Å². The van der Waals surface area contributed by atoms with Crippen LogP contribution >= 0.6 is 11.8 Å². The highest BCUT2D eigenvalue weighted by atomic mass is 32.2. The molecule has 4 heteroatoms. The molecule has 1 fully saturated rings. The lowest BCUT2D eigenvalue weighted by atomic mass is 10.1. The molecule has 0 bridgehead atoms. The fraction of sp³-hybridized carbons (Fsp3) is 0.833. The van der Waals surface area contributed by atoms with Crippen LogP contribution in [-0.2, 0) is 12.8 Å². The molecule has 0 aromatic carbocycles. The SMILES string of the molecule is CC1CCCc2nnc(CC3CCCS3)n21. The van der Waals surface area contributed by atoms with Crippen LogP contribution < -0.4 is 0 Å². The number of hydrogen-bond donors (Lipinski definition) is 0. The van der Waals surface area contributed by atoms with Crippen LogP contribution in [0, 0.1) is 0 Å². The van der Waals surface area contributed by atoms with Crippen molar-refractivity contribution in [2.75, 3.05) is 5.75 Å². The van der Waals surface area contributed by atoms with E-state index < -0.39 is 0 Å². The number of hydrogen-bond acceptors (Lipinski definition) is 3. The van der Waals surface area contributed by atoms with Crippen molar-refractivity contribution in [1.82, 2.24) is 14.8 Å². The summed E-state index contributed by atoms with van der Waals surface area (Å²) in [6.45, 7) is 2.30. The third-order valence-electron chi connectivity index (χ3n) is 3.73. The van der Waals surface area contributed by atoms with Crippen LogP contribution in [0.15, 0.2) is 0 Å². The second-order valence-corrected chi connectivity index (χ2v) is 6.39. The molecule has 1 aromatic rings. The van der Waals surface area contributed by atoms with Crippen molar-refractivity contribution >= 4 is 11.8 Å². The van der Waals surface area contributed by atoms with E-state index in [4.69, 9.17) is 0 Å². The molecule has 0 aliphatic carbocycles. The van der Waals surface area contributed by atoms with Gasteiger partial charge in [0.1, 0.15) is 11.6 Å². The summed E-state index contributed by atoms with van der Waals surface area (Å²) >= 11 is 2.11. The van der Waals surface area contributed by atoms with Crippen LogP contribution in [0.4, 0.5) is 0 Å². The van der Waals surface area contributed by atoms with Crippen molar-refractivity contribution < 1.29 is 0 Å². The smallest absolute Gasteiger partial charge is 0.134 e. The number of rotatable bonds is 2. The Morgan fingerprint density at radius 1 is 1.31 bits per heavy atom. The Balaban J connectivity index is 1.81. The number of aromatic nitrogens is 3. The summed E-state index contributed by atoms with van der Waals surface area (Å²) in [7, 11) is 0. The maximum absolute atomic E-state index is 4.41. The van der Waals surface area contributed by atoms with Crippen LogP contribution in [0.1, 0.15) is 50.3 Å². The van der Waals surface area contributed by atoms with Crippen LogP contribution in [0.5, 0.6) is 0 Å². The number of aryl methyl sites for hydroxylation is 1. The lowest BCUT2D eigenvalue weighted by molar-refractivity contribution is 0.413. The van der Waals surface area contributed by atoms with Gasteiger partial charge in [-0.25, -0.2) is 0 Å². The highest BCUT2D eigenvalue weighted by Crippen LogP contribution is 2.31. The van der Waals surface area contributed by atoms with E-state index in [1.165, 1.54) is 43.1 Å². The van der Waals surface area contributed by atoms with Gasteiger partial charge in [-0.3, -0.25) is 0 Å². The Morgan fingerprint density at radius 3 is 3.06 bits per heavy atom. The molecule has 2 unspecified atom stereocenters. The normalized spacial score (nSPS) is 29.3. The zero-order chi connectivity index (χ0) is 11.0. The van der Waals surface area contributed by atoms with Crippen molar-refractivity contribution in [1.29, 1.82) is 0 Å².